The van der Waals surface area contributed by atoms with Gasteiger partial charge in [0.25, 0.3) is 0 Å². The van der Waals surface area contributed by atoms with Crippen LogP contribution in [0.3, 0.4) is 0 Å². The van der Waals surface area contributed by atoms with Gasteiger partial charge in [0.1, 0.15) is 0 Å². The molecule has 0 saturated carbocycles. The lowest BCUT2D eigenvalue weighted by atomic mass is 10.0. The summed E-state index contributed by atoms with van der Waals surface area (Å²) in [6, 6.07) is 8.96. The van der Waals surface area contributed by atoms with Gasteiger partial charge in [0.15, 0.2) is 0 Å². The second-order valence-electron chi connectivity index (χ2n) is 4.07. The van der Waals surface area contributed by atoms with Crippen LogP contribution in [-0.2, 0) is 6.54 Å². The summed E-state index contributed by atoms with van der Waals surface area (Å²) >= 11 is 0. The van der Waals surface area contributed by atoms with Crippen LogP contribution in [0.4, 0.5) is 0 Å². The van der Waals surface area contributed by atoms with Gasteiger partial charge in [-0.2, -0.15) is 0 Å². The molecule has 1 nitrogen and oxygen atoms in total. The van der Waals surface area contributed by atoms with Gasteiger partial charge >= 0.3 is 0 Å². The fourth-order valence-electron chi connectivity index (χ4n) is 1.85. The van der Waals surface area contributed by atoms with E-state index in [4.69, 9.17) is 0 Å². The summed E-state index contributed by atoms with van der Waals surface area (Å²) in [6.07, 6.45) is 2.16. The molecule has 1 aromatic carbocycles. The normalized spacial score (nSPS) is 11.4. The predicted octanol–water partition coefficient (Wildman–Crippen LogP) is 3.78. The smallest absolute Gasteiger partial charge is 0.0480 e. The maximum atomic E-state index is 2.30. The van der Waals surface area contributed by atoms with E-state index in [0.29, 0.717) is 5.92 Å². The Morgan fingerprint density at radius 3 is 2.64 bits per heavy atom. The molecule has 0 aliphatic carbocycles. The van der Waals surface area contributed by atoms with E-state index in [1.165, 1.54) is 16.5 Å². The van der Waals surface area contributed by atoms with E-state index >= 15 is 0 Å². The zero-order chi connectivity index (χ0) is 10.1. The van der Waals surface area contributed by atoms with Gasteiger partial charge in [0.2, 0.25) is 0 Å². The molecule has 0 aliphatic heterocycles. The molecular formula is C13H17N. The van der Waals surface area contributed by atoms with E-state index in [9.17, 15) is 0 Å². The Bertz CT molecular complexity index is 437. The summed E-state index contributed by atoms with van der Waals surface area (Å²) in [7, 11) is 0. The molecule has 14 heavy (non-hydrogen) atoms. The first-order chi connectivity index (χ1) is 6.72. The van der Waals surface area contributed by atoms with Gasteiger partial charge in [-0.15, -0.1) is 0 Å². The van der Waals surface area contributed by atoms with E-state index in [2.05, 4.69) is 55.8 Å². The number of nitrogens with zero attached hydrogens (tertiary/aromatic N) is 1. The number of aromatic nitrogens is 1. The Kier molecular flexibility index (Phi) is 2.32. The third kappa shape index (κ3) is 1.43. The lowest BCUT2D eigenvalue weighted by Crippen LogP contribution is -1.91. The largest absolute Gasteiger partial charge is 0.348 e. The zero-order valence-corrected chi connectivity index (χ0v) is 9.12. The molecule has 0 fully saturated rings. The van der Waals surface area contributed by atoms with E-state index in [-0.39, 0.29) is 0 Å². The van der Waals surface area contributed by atoms with Crippen LogP contribution in [0.5, 0.6) is 0 Å². The van der Waals surface area contributed by atoms with Crippen LogP contribution in [0, 0.1) is 0 Å². The molecule has 0 saturated heterocycles. The highest BCUT2D eigenvalue weighted by Gasteiger charge is 2.03. The van der Waals surface area contributed by atoms with Gasteiger partial charge in [0, 0.05) is 18.3 Å². The third-order valence-electron chi connectivity index (χ3n) is 2.80. The summed E-state index contributed by atoms with van der Waals surface area (Å²) in [5, 5.41) is 1.36. The predicted molar refractivity (Wildman–Crippen MR) is 61.7 cm³/mol. The monoisotopic (exact) mass is 187 g/mol. The highest BCUT2D eigenvalue weighted by Crippen LogP contribution is 2.22. The van der Waals surface area contributed by atoms with E-state index in [1.807, 2.05) is 0 Å². The molecule has 0 atom stereocenters. The minimum atomic E-state index is 0.615. The van der Waals surface area contributed by atoms with E-state index in [1.54, 1.807) is 0 Å². The molecule has 1 heteroatoms. The molecule has 2 aromatic rings. The molecular weight excluding hydrogens is 170 g/mol. The van der Waals surface area contributed by atoms with Crippen LogP contribution in [0.2, 0.25) is 0 Å². The summed E-state index contributed by atoms with van der Waals surface area (Å²) < 4.78 is 2.28. The minimum absolute atomic E-state index is 0.615. The first kappa shape index (κ1) is 9.32. The van der Waals surface area contributed by atoms with Gasteiger partial charge in [-0.05, 0) is 42.0 Å². The summed E-state index contributed by atoms with van der Waals surface area (Å²) in [5.41, 5.74) is 2.77. The zero-order valence-electron chi connectivity index (χ0n) is 9.12. The quantitative estimate of drug-likeness (QED) is 0.674. The Labute approximate surface area is 85.4 Å². The topological polar surface area (TPSA) is 4.93 Å². The van der Waals surface area contributed by atoms with Crippen LogP contribution in [0.1, 0.15) is 32.3 Å². The van der Waals surface area contributed by atoms with E-state index in [0.717, 1.165) is 6.54 Å². The minimum Gasteiger partial charge on any atom is -0.348 e. The maximum Gasteiger partial charge on any atom is 0.0480 e. The van der Waals surface area contributed by atoms with Crippen molar-refractivity contribution in [3.63, 3.8) is 0 Å². The van der Waals surface area contributed by atoms with Crippen LogP contribution < -0.4 is 0 Å². The maximum absolute atomic E-state index is 2.30. The molecule has 0 amide bonds. The molecule has 0 unspecified atom stereocenters. The average molecular weight is 187 g/mol. The van der Waals surface area contributed by atoms with Crippen molar-refractivity contribution in [2.45, 2.75) is 33.2 Å². The number of hydrogen-bond donors (Lipinski definition) is 0. The Hall–Kier alpha value is -1.24. The van der Waals surface area contributed by atoms with Gasteiger partial charge in [-0.1, -0.05) is 19.9 Å². The summed E-state index contributed by atoms with van der Waals surface area (Å²) in [6.45, 7) is 7.69. The van der Waals surface area contributed by atoms with Crippen molar-refractivity contribution in [2.24, 2.45) is 0 Å². The number of rotatable bonds is 2. The fraction of sp³-hybridized carbons (Fsp3) is 0.385. The Morgan fingerprint density at radius 1 is 1.21 bits per heavy atom. The number of aryl methyl sites for hydroxylation is 1. The SMILES string of the molecule is CCn1ccc2cc(C(C)C)ccc21. The highest BCUT2D eigenvalue weighted by atomic mass is 14.9. The van der Waals surface area contributed by atoms with Crippen LogP contribution in [0.15, 0.2) is 30.5 Å². The molecule has 1 aromatic heterocycles. The van der Waals surface area contributed by atoms with Gasteiger partial charge in [0.05, 0.1) is 0 Å². The van der Waals surface area contributed by atoms with Gasteiger partial charge in [-0.3, -0.25) is 0 Å². The Balaban J connectivity index is 2.57. The van der Waals surface area contributed by atoms with Crippen molar-refractivity contribution in [3.05, 3.63) is 36.0 Å². The van der Waals surface area contributed by atoms with Gasteiger partial charge < -0.3 is 4.57 Å². The number of benzene rings is 1. The molecule has 2 rings (SSSR count). The van der Waals surface area contributed by atoms with Crippen LogP contribution in [0.25, 0.3) is 10.9 Å². The first-order valence-corrected chi connectivity index (χ1v) is 5.31. The molecule has 74 valence electrons. The summed E-state index contributed by atoms with van der Waals surface area (Å²) in [4.78, 5) is 0. The molecule has 1 heterocycles. The summed E-state index contributed by atoms with van der Waals surface area (Å²) in [5.74, 6) is 0.615. The standard InChI is InChI=1S/C13H17N/c1-4-14-8-7-12-9-11(10(2)3)5-6-13(12)14/h5-10H,4H2,1-3H3. The number of hydrogen-bond acceptors (Lipinski definition) is 0. The van der Waals surface area contributed by atoms with Crippen molar-refractivity contribution in [3.8, 4) is 0 Å². The molecule has 0 N–H and O–H groups in total. The van der Waals surface area contributed by atoms with Crippen molar-refractivity contribution in [1.82, 2.24) is 4.57 Å². The number of fused-ring (bicyclic) bond motifs is 1. The van der Waals surface area contributed by atoms with Crippen molar-refractivity contribution < 1.29 is 0 Å². The second kappa shape index (κ2) is 3.49. The Morgan fingerprint density at radius 2 is 2.00 bits per heavy atom. The lowest BCUT2D eigenvalue weighted by Gasteiger charge is -2.06. The molecule has 0 radical (unpaired) electrons. The van der Waals surface area contributed by atoms with Crippen molar-refractivity contribution >= 4 is 10.9 Å². The fourth-order valence-corrected chi connectivity index (χ4v) is 1.85. The third-order valence-corrected chi connectivity index (χ3v) is 2.80. The average Bonchev–Trinajstić information content (AvgIpc) is 2.59. The van der Waals surface area contributed by atoms with Crippen LogP contribution in [-0.4, -0.2) is 4.57 Å². The highest BCUT2D eigenvalue weighted by molar-refractivity contribution is 5.81. The lowest BCUT2D eigenvalue weighted by molar-refractivity contribution is 0.797. The molecule has 0 spiro atoms. The van der Waals surface area contributed by atoms with E-state index < -0.39 is 0 Å². The molecule has 0 aliphatic rings. The second-order valence-corrected chi connectivity index (χ2v) is 4.07. The van der Waals surface area contributed by atoms with Crippen molar-refractivity contribution in [1.29, 1.82) is 0 Å². The van der Waals surface area contributed by atoms with Crippen LogP contribution >= 0.6 is 0 Å². The van der Waals surface area contributed by atoms with Gasteiger partial charge in [-0.25, -0.2) is 0 Å². The molecule has 0 bridgehead atoms. The first-order valence-electron chi connectivity index (χ1n) is 5.31. The van der Waals surface area contributed by atoms with Crippen molar-refractivity contribution in [2.75, 3.05) is 0 Å².